The van der Waals surface area contributed by atoms with Crippen LogP contribution in [0.25, 0.3) is 0 Å². The van der Waals surface area contributed by atoms with Crippen LogP contribution in [0.5, 0.6) is 0 Å². The van der Waals surface area contributed by atoms with Crippen LogP contribution in [0.3, 0.4) is 0 Å². The second-order valence-electron chi connectivity index (χ2n) is 13.8. The number of amides is 4. The number of nitrogens with zero attached hydrogens (tertiary/aromatic N) is 4. The van der Waals surface area contributed by atoms with E-state index in [0.717, 1.165) is 0 Å². The first-order valence-electron chi connectivity index (χ1n) is 18.6. The smallest absolute Gasteiger partial charge is 0.258 e. The van der Waals surface area contributed by atoms with E-state index in [1.54, 1.807) is 74.5 Å². The van der Waals surface area contributed by atoms with Crippen molar-refractivity contribution in [2.45, 2.75) is 51.5 Å². The molecular formula is C44H38Cl4N8O6. The molecule has 14 nitrogen and oxygen atoms in total. The van der Waals surface area contributed by atoms with Crippen LogP contribution >= 0.6 is 46.4 Å². The third-order valence-corrected chi connectivity index (χ3v) is 10.1. The zero-order valence-corrected chi connectivity index (χ0v) is 36.6. The molecule has 5 rings (SSSR count). The van der Waals surface area contributed by atoms with Crippen molar-refractivity contribution >= 4 is 116 Å². The number of carbonyl (C=O) groups excluding carboxylic acids is 6. The Morgan fingerprint density at radius 1 is 0.516 bits per heavy atom. The highest BCUT2D eigenvalue weighted by Crippen LogP contribution is 2.28. The number of rotatable bonds is 16. The lowest BCUT2D eigenvalue weighted by Crippen LogP contribution is -2.32. The van der Waals surface area contributed by atoms with Crippen LogP contribution in [-0.2, 0) is 30.9 Å². The van der Waals surface area contributed by atoms with Crippen molar-refractivity contribution < 1.29 is 28.8 Å². The number of hydrogen-bond acceptors (Lipinski definition) is 10. The van der Waals surface area contributed by atoms with E-state index in [2.05, 4.69) is 41.7 Å². The van der Waals surface area contributed by atoms with Crippen LogP contribution < -0.4 is 21.3 Å². The molecule has 0 saturated carbocycles. The minimum Gasteiger partial charge on any atom is -0.324 e. The van der Waals surface area contributed by atoms with Gasteiger partial charge in [0, 0.05) is 55.7 Å². The van der Waals surface area contributed by atoms with Crippen LogP contribution in [0, 0.1) is 13.8 Å². The highest BCUT2D eigenvalue weighted by molar-refractivity contribution is 6.32. The summed E-state index contributed by atoms with van der Waals surface area (Å²) in [4.78, 5) is 78.1. The summed E-state index contributed by atoms with van der Waals surface area (Å²) in [5.41, 5.74) is 4.59. The van der Waals surface area contributed by atoms with Gasteiger partial charge in [0.1, 0.15) is 0 Å². The topological polar surface area (TPSA) is 200 Å². The molecular weight excluding hydrogens is 878 g/mol. The van der Waals surface area contributed by atoms with Gasteiger partial charge < -0.3 is 21.3 Å². The van der Waals surface area contributed by atoms with Gasteiger partial charge in [0.25, 0.3) is 23.6 Å². The molecule has 0 aliphatic heterocycles. The number of azo groups is 2. The number of ketones is 2. The molecule has 0 bridgehead atoms. The van der Waals surface area contributed by atoms with Gasteiger partial charge in [-0.05, 0) is 111 Å². The number of halogens is 4. The van der Waals surface area contributed by atoms with Gasteiger partial charge >= 0.3 is 0 Å². The monoisotopic (exact) mass is 914 g/mol. The molecule has 0 saturated heterocycles. The summed E-state index contributed by atoms with van der Waals surface area (Å²) >= 11 is 24.6. The van der Waals surface area contributed by atoms with Gasteiger partial charge in [-0.1, -0.05) is 59.6 Å². The summed E-state index contributed by atoms with van der Waals surface area (Å²) in [5, 5.41) is 27.4. The second-order valence-corrected chi connectivity index (χ2v) is 15.2. The Bertz CT molecular complexity index is 2460. The van der Waals surface area contributed by atoms with E-state index in [4.69, 9.17) is 46.4 Å². The lowest BCUT2D eigenvalue weighted by Gasteiger charge is -2.16. The fourth-order valence-corrected chi connectivity index (χ4v) is 6.73. The highest BCUT2D eigenvalue weighted by atomic mass is 35.5. The van der Waals surface area contributed by atoms with Gasteiger partial charge in [-0.25, -0.2) is 0 Å². The minimum absolute atomic E-state index is 0.118. The Balaban J connectivity index is 1.26. The Morgan fingerprint density at radius 2 is 0.887 bits per heavy atom. The van der Waals surface area contributed by atoms with Gasteiger partial charge in [-0.2, -0.15) is 20.5 Å². The molecule has 0 radical (unpaired) electrons. The maximum Gasteiger partial charge on any atom is 0.258 e. The highest BCUT2D eigenvalue weighted by Gasteiger charge is 2.26. The number of Topliss-reactive ketones (excluding diaryl/α,β-unsaturated/α-hetero) is 2. The van der Waals surface area contributed by atoms with Crippen LogP contribution in [0.15, 0.2) is 118 Å². The fourth-order valence-electron chi connectivity index (χ4n) is 5.81. The van der Waals surface area contributed by atoms with E-state index in [1.807, 2.05) is 0 Å². The summed E-state index contributed by atoms with van der Waals surface area (Å²) in [7, 11) is 0. The van der Waals surface area contributed by atoms with E-state index in [9.17, 15) is 28.8 Å². The van der Waals surface area contributed by atoms with Gasteiger partial charge in [0.05, 0.1) is 11.4 Å². The molecule has 4 amide bonds. The first-order valence-corrected chi connectivity index (χ1v) is 20.5. The SMILES string of the molecule is CC(=O)C(N=Nc1cc(Cl)cc(C(=O)Nc2ccccc2CCl)c1)C(=O)Nc1cc(C)c(NC(=O)C(N=Nc2cc(Cl)cc(C(=O)Nc3ccccc3CCl)c2)C(C)=O)cc1C. The molecule has 4 N–H and O–H groups in total. The molecule has 318 valence electrons. The molecule has 0 spiro atoms. The molecule has 62 heavy (non-hydrogen) atoms. The van der Waals surface area contributed by atoms with Crippen molar-refractivity contribution in [3.05, 3.63) is 140 Å². The zero-order valence-electron chi connectivity index (χ0n) is 33.6. The van der Waals surface area contributed by atoms with Crippen LogP contribution in [0.2, 0.25) is 10.0 Å². The van der Waals surface area contributed by atoms with Crippen molar-refractivity contribution in [2.75, 3.05) is 21.3 Å². The predicted octanol–water partition coefficient (Wildman–Crippen LogP) is 11.0. The number of carbonyl (C=O) groups is 6. The average Bonchev–Trinajstić information content (AvgIpc) is 3.22. The molecule has 0 aliphatic carbocycles. The number of anilines is 4. The molecule has 0 heterocycles. The number of alkyl halides is 2. The normalized spacial score (nSPS) is 12.1. The number of benzene rings is 5. The number of nitrogens with one attached hydrogen (secondary N) is 4. The standard InChI is InChI=1S/C44H38Cl4N8O6/c1-23-13-38(52-44(62)40(26(4)58)56-54-34-18-30(16-32(48)20-34)42(60)50-36-12-8-6-10-28(36)22-46)24(2)14-37(23)51-43(61)39(25(3)57)55-53-33-17-29(15-31(47)19-33)41(59)49-35-11-7-5-9-27(35)21-45/h5-20,39-40H,21-22H2,1-4H3,(H,49,59)(H,50,60)(H,51,61)(H,52,62). The van der Waals surface area contributed by atoms with Crippen molar-refractivity contribution in [1.82, 2.24) is 0 Å². The Morgan fingerprint density at radius 3 is 1.24 bits per heavy atom. The molecule has 18 heteroatoms. The third-order valence-electron chi connectivity index (χ3n) is 9.04. The predicted molar refractivity (Wildman–Crippen MR) is 242 cm³/mol. The maximum atomic E-state index is 13.4. The zero-order chi connectivity index (χ0) is 45.1. The molecule has 5 aromatic carbocycles. The average molecular weight is 917 g/mol. The maximum absolute atomic E-state index is 13.4. The minimum atomic E-state index is -1.57. The lowest BCUT2D eigenvalue weighted by atomic mass is 10.1. The number of hydrogen-bond donors (Lipinski definition) is 4. The van der Waals surface area contributed by atoms with Crippen molar-refractivity contribution in [2.24, 2.45) is 20.5 Å². The van der Waals surface area contributed by atoms with E-state index in [0.29, 0.717) is 45.0 Å². The molecule has 0 fully saturated rings. The van der Waals surface area contributed by atoms with Gasteiger partial charge in [-0.15, -0.1) is 23.2 Å². The van der Waals surface area contributed by atoms with E-state index in [1.165, 1.54) is 50.2 Å². The van der Waals surface area contributed by atoms with E-state index < -0.39 is 47.3 Å². The quantitative estimate of drug-likeness (QED) is 0.0431. The summed E-state index contributed by atoms with van der Waals surface area (Å²) in [6.45, 7) is 5.67. The van der Waals surface area contributed by atoms with Crippen molar-refractivity contribution in [1.29, 1.82) is 0 Å². The van der Waals surface area contributed by atoms with Crippen LogP contribution in [0.1, 0.15) is 56.8 Å². The second kappa shape index (κ2) is 21.5. The number of para-hydroxylation sites is 2. The Hall–Kier alpha value is -6.32. The first-order chi connectivity index (χ1) is 29.6. The summed E-state index contributed by atoms with van der Waals surface area (Å²) < 4.78 is 0. The van der Waals surface area contributed by atoms with Gasteiger partial charge in [-0.3, -0.25) is 28.8 Å². The third kappa shape index (κ3) is 12.4. The molecule has 2 atom stereocenters. The largest absolute Gasteiger partial charge is 0.324 e. The summed E-state index contributed by atoms with van der Waals surface area (Å²) in [6, 6.07) is 22.6. The van der Waals surface area contributed by atoms with Crippen molar-refractivity contribution in [3.8, 4) is 0 Å². The first kappa shape index (κ1) is 46.7. The van der Waals surface area contributed by atoms with E-state index >= 15 is 0 Å². The van der Waals surface area contributed by atoms with Gasteiger partial charge in [0.15, 0.2) is 11.6 Å². The summed E-state index contributed by atoms with van der Waals surface area (Å²) in [6.07, 6.45) is 0. The molecule has 2 unspecified atom stereocenters. The Kier molecular flexibility index (Phi) is 16.2. The van der Waals surface area contributed by atoms with Crippen LogP contribution in [-0.4, -0.2) is 47.3 Å². The molecule has 0 aliphatic rings. The summed E-state index contributed by atoms with van der Waals surface area (Å²) in [5.74, 6) is -3.44. The fraction of sp³-hybridized carbons (Fsp3) is 0.182. The molecule has 0 aromatic heterocycles. The Labute approximate surface area is 376 Å². The van der Waals surface area contributed by atoms with E-state index in [-0.39, 0.29) is 44.3 Å². The van der Waals surface area contributed by atoms with Gasteiger partial charge in [0.2, 0.25) is 12.1 Å². The number of aryl methyl sites for hydroxylation is 2. The molecule has 5 aromatic rings. The van der Waals surface area contributed by atoms with Crippen molar-refractivity contribution in [3.63, 3.8) is 0 Å². The lowest BCUT2D eigenvalue weighted by molar-refractivity contribution is -0.127. The van der Waals surface area contributed by atoms with Crippen LogP contribution in [0.4, 0.5) is 34.1 Å².